The molecule has 6 nitrogen and oxygen atoms in total. The van der Waals surface area contributed by atoms with Gasteiger partial charge in [-0.25, -0.2) is 4.98 Å². The van der Waals surface area contributed by atoms with Crippen LogP contribution in [0.15, 0.2) is 30.5 Å². The third-order valence-corrected chi connectivity index (χ3v) is 5.79. The number of hydrogen-bond acceptors (Lipinski definition) is 6. The molecule has 29 heavy (non-hydrogen) atoms. The molecule has 162 valence electrons. The number of thioether (sulfide) groups is 1. The summed E-state index contributed by atoms with van der Waals surface area (Å²) in [5.74, 6) is 2.50. The highest BCUT2D eigenvalue weighted by atomic mass is 32.2. The minimum Gasteiger partial charge on any atom is -0.473 e. The van der Waals surface area contributed by atoms with E-state index in [0.717, 1.165) is 30.9 Å². The van der Waals surface area contributed by atoms with Crippen LogP contribution in [0.4, 0.5) is 0 Å². The van der Waals surface area contributed by atoms with Gasteiger partial charge in [0.1, 0.15) is 6.61 Å². The Morgan fingerprint density at radius 3 is 2.93 bits per heavy atom. The zero-order valence-electron chi connectivity index (χ0n) is 17.4. The number of aliphatic hydroxyl groups excluding tert-OH is 1. The lowest BCUT2D eigenvalue weighted by Crippen LogP contribution is -2.29. The van der Waals surface area contributed by atoms with Gasteiger partial charge in [0, 0.05) is 37.5 Å². The molecule has 0 radical (unpaired) electrons. The number of hydrogen-bond donors (Lipinski definition) is 2. The molecule has 0 unspecified atom stereocenters. The third kappa shape index (κ3) is 11.3. The molecule has 1 amide bonds. The summed E-state index contributed by atoms with van der Waals surface area (Å²) in [6, 6.07) is 4.07. The molecule has 1 aromatic heterocycles. The van der Waals surface area contributed by atoms with Crippen molar-refractivity contribution in [3.63, 3.8) is 0 Å². The van der Waals surface area contributed by atoms with Crippen molar-refractivity contribution < 1.29 is 14.6 Å². The van der Waals surface area contributed by atoms with Crippen molar-refractivity contribution in [1.82, 2.24) is 15.2 Å². The summed E-state index contributed by atoms with van der Waals surface area (Å²) in [6.07, 6.45) is 12.0. The standard InChI is InChI=1S/C22H35N3O3S/c26-14-17-29-16-7-2-8-21(27)23-10-3-6-15-28-22-18-20(9-11-24-22)19-25-12-4-1-5-13-25/h3,6,9,11,18,26H,1-2,4-5,7-8,10,12-17,19H2,(H,23,27). The van der Waals surface area contributed by atoms with E-state index in [2.05, 4.69) is 21.3 Å². The van der Waals surface area contributed by atoms with E-state index in [1.165, 1.54) is 37.9 Å². The molecule has 1 fully saturated rings. The second-order valence-corrected chi connectivity index (χ2v) is 8.44. The zero-order chi connectivity index (χ0) is 20.6. The number of carbonyl (C=O) groups is 1. The van der Waals surface area contributed by atoms with Gasteiger partial charge >= 0.3 is 0 Å². The second-order valence-electron chi connectivity index (χ2n) is 7.22. The van der Waals surface area contributed by atoms with Gasteiger partial charge in [-0.2, -0.15) is 11.8 Å². The first-order chi connectivity index (χ1) is 14.3. The van der Waals surface area contributed by atoms with Gasteiger partial charge in [0.2, 0.25) is 11.8 Å². The summed E-state index contributed by atoms with van der Waals surface area (Å²) in [5, 5.41) is 11.6. The normalized spacial score (nSPS) is 14.9. The lowest BCUT2D eigenvalue weighted by molar-refractivity contribution is -0.120. The number of unbranched alkanes of at least 4 members (excludes halogenated alkanes) is 1. The Morgan fingerprint density at radius 2 is 2.10 bits per heavy atom. The van der Waals surface area contributed by atoms with Crippen LogP contribution in [0.5, 0.6) is 5.88 Å². The zero-order valence-corrected chi connectivity index (χ0v) is 18.2. The molecule has 0 spiro atoms. The fourth-order valence-corrected chi connectivity index (χ4v) is 3.95. The van der Waals surface area contributed by atoms with Crippen LogP contribution in [-0.4, -0.2) is 65.3 Å². The van der Waals surface area contributed by atoms with E-state index < -0.39 is 0 Å². The number of rotatable bonds is 14. The minimum atomic E-state index is 0.0785. The third-order valence-electron chi connectivity index (χ3n) is 4.74. The molecule has 1 aromatic rings. The van der Waals surface area contributed by atoms with E-state index in [1.807, 2.05) is 18.2 Å². The first kappa shape index (κ1) is 23.7. The highest BCUT2D eigenvalue weighted by Crippen LogP contribution is 2.15. The number of nitrogens with one attached hydrogen (secondary N) is 1. The van der Waals surface area contributed by atoms with E-state index >= 15 is 0 Å². The average molecular weight is 422 g/mol. The first-order valence-electron chi connectivity index (χ1n) is 10.7. The monoisotopic (exact) mass is 421 g/mol. The maximum Gasteiger partial charge on any atom is 0.220 e. The summed E-state index contributed by atoms with van der Waals surface area (Å²) in [4.78, 5) is 18.5. The van der Waals surface area contributed by atoms with Gasteiger partial charge in [-0.1, -0.05) is 12.5 Å². The SMILES string of the molecule is O=C(CCCCSCCO)NCC=CCOc1cc(CN2CCCCC2)ccn1. The summed E-state index contributed by atoms with van der Waals surface area (Å²) in [7, 11) is 0. The van der Waals surface area contributed by atoms with Crippen LogP contribution in [-0.2, 0) is 11.3 Å². The molecule has 1 aliphatic heterocycles. The molecule has 1 saturated heterocycles. The first-order valence-corrected chi connectivity index (χ1v) is 11.8. The van der Waals surface area contributed by atoms with Crippen molar-refractivity contribution in [2.45, 2.75) is 45.1 Å². The van der Waals surface area contributed by atoms with Crippen LogP contribution in [0.25, 0.3) is 0 Å². The number of amides is 1. The van der Waals surface area contributed by atoms with Gasteiger partial charge < -0.3 is 15.2 Å². The summed E-state index contributed by atoms with van der Waals surface area (Å²) >= 11 is 1.73. The molecule has 0 aliphatic carbocycles. The number of aromatic nitrogens is 1. The van der Waals surface area contributed by atoms with E-state index in [-0.39, 0.29) is 12.5 Å². The predicted octanol–water partition coefficient (Wildman–Crippen LogP) is 3.01. The van der Waals surface area contributed by atoms with Gasteiger partial charge in [-0.05, 0) is 62.2 Å². The summed E-state index contributed by atoms with van der Waals surface area (Å²) < 4.78 is 5.71. The van der Waals surface area contributed by atoms with E-state index in [0.29, 0.717) is 25.5 Å². The Hall–Kier alpha value is -1.57. The molecule has 0 atom stereocenters. The highest BCUT2D eigenvalue weighted by Gasteiger charge is 2.10. The van der Waals surface area contributed by atoms with Gasteiger partial charge in [0.15, 0.2) is 0 Å². The van der Waals surface area contributed by atoms with Crippen molar-refractivity contribution in [3.8, 4) is 5.88 Å². The Balaban J connectivity index is 1.54. The summed E-state index contributed by atoms with van der Waals surface area (Å²) in [6.45, 7) is 4.50. The second kappa shape index (κ2) is 15.3. The molecule has 2 heterocycles. The van der Waals surface area contributed by atoms with Crippen molar-refractivity contribution in [1.29, 1.82) is 0 Å². The molecule has 2 N–H and O–H groups in total. The van der Waals surface area contributed by atoms with Crippen LogP contribution in [0, 0.1) is 0 Å². The number of piperidine rings is 1. The van der Waals surface area contributed by atoms with Gasteiger partial charge in [0.25, 0.3) is 0 Å². The molecule has 1 aliphatic rings. The van der Waals surface area contributed by atoms with E-state index in [9.17, 15) is 4.79 Å². The molecule has 2 rings (SSSR count). The lowest BCUT2D eigenvalue weighted by atomic mass is 10.1. The Morgan fingerprint density at radius 1 is 1.24 bits per heavy atom. The smallest absolute Gasteiger partial charge is 0.220 e. The van der Waals surface area contributed by atoms with Gasteiger partial charge in [-0.3, -0.25) is 9.69 Å². The topological polar surface area (TPSA) is 74.7 Å². The van der Waals surface area contributed by atoms with E-state index in [1.54, 1.807) is 18.0 Å². The highest BCUT2D eigenvalue weighted by molar-refractivity contribution is 7.99. The minimum absolute atomic E-state index is 0.0785. The molecule has 7 heteroatoms. The fourth-order valence-electron chi connectivity index (χ4n) is 3.21. The molecule has 0 aromatic carbocycles. The van der Waals surface area contributed by atoms with Crippen molar-refractivity contribution in [2.24, 2.45) is 0 Å². The quantitative estimate of drug-likeness (QED) is 0.355. The number of pyridine rings is 1. The average Bonchev–Trinajstić information content (AvgIpc) is 2.74. The largest absolute Gasteiger partial charge is 0.473 e. The van der Waals surface area contributed by atoms with Crippen LogP contribution < -0.4 is 10.1 Å². The van der Waals surface area contributed by atoms with Crippen molar-refractivity contribution in [3.05, 3.63) is 36.0 Å². The number of ether oxygens (including phenoxy) is 1. The fraction of sp³-hybridized carbons (Fsp3) is 0.636. The Kier molecular flexibility index (Phi) is 12.5. The molecular weight excluding hydrogens is 386 g/mol. The van der Waals surface area contributed by atoms with Gasteiger partial charge in [-0.15, -0.1) is 0 Å². The maximum atomic E-state index is 11.8. The number of likely N-dealkylation sites (tertiary alicyclic amines) is 1. The Labute approximate surface area is 179 Å². The van der Waals surface area contributed by atoms with Crippen LogP contribution in [0.3, 0.4) is 0 Å². The number of carbonyl (C=O) groups excluding carboxylic acids is 1. The number of nitrogens with zero attached hydrogens (tertiary/aromatic N) is 2. The summed E-state index contributed by atoms with van der Waals surface area (Å²) in [5.41, 5.74) is 1.24. The van der Waals surface area contributed by atoms with Crippen molar-refractivity contribution >= 4 is 17.7 Å². The molecular formula is C22H35N3O3S. The molecule has 0 saturated carbocycles. The Bertz CT molecular complexity index is 607. The predicted molar refractivity (Wildman–Crippen MR) is 119 cm³/mol. The molecule has 0 bridgehead atoms. The number of aliphatic hydroxyl groups is 1. The van der Waals surface area contributed by atoms with E-state index in [4.69, 9.17) is 9.84 Å². The lowest BCUT2D eigenvalue weighted by Gasteiger charge is -2.26. The van der Waals surface area contributed by atoms with Crippen LogP contribution >= 0.6 is 11.8 Å². The van der Waals surface area contributed by atoms with Crippen molar-refractivity contribution in [2.75, 3.05) is 44.4 Å². The van der Waals surface area contributed by atoms with Gasteiger partial charge in [0.05, 0.1) is 6.61 Å². The van der Waals surface area contributed by atoms with Crippen LogP contribution in [0.1, 0.15) is 44.1 Å². The van der Waals surface area contributed by atoms with Crippen LogP contribution in [0.2, 0.25) is 0 Å². The maximum absolute atomic E-state index is 11.8.